The number of aromatic nitrogens is 3. The van der Waals surface area contributed by atoms with E-state index in [-0.39, 0.29) is 5.91 Å². The lowest BCUT2D eigenvalue weighted by atomic mass is 10.1. The van der Waals surface area contributed by atoms with Crippen molar-refractivity contribution < 1.29 is 9.21 Å². The summed E-state index contributed by atoms with van der Waals surface area (Å²) in [6, 6.07) is 17.2. The van der Waals surface area contributed by atoms with Crippen LogP contribution in [0.1, 0.15) is 27.5 Å². The van der Waals surface area contributed by atoms with Crippen molar-refractivity contribution in [2.24, 2.45) is 0 Å². The van der Waals surface area contributed by atoms with E-state index >= 15 is 0 Å². The minimum atomic E-state index is -0.295. The Morgan fingerprint density at radius 3 is 2.48 bits per heavy atom. The molecule has 0 spiro atoms. The molecule has 0 radical (unpaired) electrons. The van der Waals surface area contributed by atoms with Gasteiger partial charge in [-0.25, -0.2) is 9.67 Å². The number of amides is 1. The van der Waals surface area contributed by atoms with Crippen LogP contribution in [-0.4, -0.2) is 20.7 Å². The van der Waals surface area contributed by atoms with Crippen LogP contribution in [0.25, 0.3) is 11.3 Å². The van der Waals surface area contributed by atoms with Crippen molar-refractivity contribution in [2.45, 2.75) is 20.4 Å². The van der Waals surface area contributed by atoms with Crippen LogP contribution in [0.4, 0.5) is 5.69 Å². The molecule has 0 unspecified atom stereocenters. The Bertz CT molecular complexity index is 1150. The Kier molecular flexibility index (Phi) is 5.18. The lowest BCUT2D eigenvalue weighted by Crippen LogP contribution is -2.13. The molecule has 7 heteroatoms. The van der Waals surface area contributed by atoms with Crippen molar-refractivity contribution in [3.63, 3.8) is 0 Å². The molecule has 1 N–H and O–H groups in total. The molecular weight excluding hydrogens is 388 g/mol. The lowest BCUT2D eigenvalue weighted by Gasteiger charge is -2.06. The molecule has 0 atom stereocenters. The lowest BCUT2D eigenvalue weighted by molar-refractivity contribution is 0.102. The fourth-order valence-electron chi connectivity index (χ4n) is 3.09. The van der Waals surface area contributed by atoms with Gasteiger partial charge in [-0.05, 0) is 24.6 Å². The summed E-state index contributed by atoms with van der Waals surface area (Å²) in [6.07, 6.45) is 1.60. The van der Waals surface area contributed by atoms with Crippen molar-refractivity contribution in [3.05, 3.63) is 88.7 Å². The smallest absolute Gasteiger partial charge is 0.260 e. The predicted molar refractivity (Wildman–Crippen MR) is 112 cm³/mol. The minimum absolute atomic E-state index is 0.295. The van der Waals surface area contributed by atoms with Gasteiger partial charge in [-0.15, -0.1) is 0 Å². The van der Waals surface area contributed by atoms with Crippen LogP contribution < -0.4 is 5.32 Å². The van der Waals surface area contributed by atoms with Crippen LogP contribution in [0, 0.1) is 13.8 Å². The highest BCUT2D eigenvalue weighted by atomic mass is 35.5. The Balaban J connectivity index is 1.51. The Morgan fingerprint density at radius 1 is 1.10 bits per heavy atom. The second-order valence-electron chi connectivity index (χ2n) is 6.68. The molecule has 0 saturated carbocycles. The van der Waals surface area contributed by atoms with E-state index in [9.17, 15) is 4.79 Å². The van der Waals surface area contributed by atoms with Crippen molar-refractivity contribution in [2.75, 3.05) is 5.32 Å². The number of hydrogen-bond acceptors (Lipinski definition) is 4. The van der Waals surface area contributed by atoms with Gasteiger partial charge in [0.2, 0.25) is 0 Å². The Labute approximate surface area is 173 Å². The summed E-state index contributed by atoms with van der Waals surface area (Å²) >= 11 is 6.47. The molecule has 29 heavy (non-hydrogen) atoms. The first-order valence-electron chi connectivity index (χ1n) is 9.12. The van der Waals surface area contributed by atoms with Gasteiger partial charge in [0.05, 0.1) is 17.8 Å². The third-order valence-corrected chi connectivity index (χ3v) is 4.91. The van der Waals surface area contributed by atoms with Crippen molar-refractivity contribution >= 4 is 23.2 Å². The third-order valence-electron chi connectivity index (χ3n) is 4.53. The summed E-state index contributed by atoms with van der Waals surface area (Å²) in [5.41, 5.74) is 4.33. The van der Waals surface area contributed by atoms with Gasteiger partial charge >= 0.3 is 0 Å². The first-order valence-corrected chi connectivity index (χ1v) is 9.50. The number of hydrogen-bond donors (Lipinski definition) is 1. The SMILES string of the molecule is Cc1nc(-c2ccc(NC(=O)c3c(C)nn(Cc4ccccc4)c3Cl)cc2)co1. The number of nitrogens with zero attached hydrogens (tertiary/aromatic N) is 3. The molecule has 2 aromatic heterocycles. The predicted octanol–water partition coefficient (Wildman–Crippen LogP) is 5.11. The fourth-order valence-corrected chi connectivity index (χ4v) is 3.41. The average Bonchev–Trinajstić information content (AvgIpc) is 3.26. The quantitative estimate of drug-likeness (QED) is 0.500. The summed E-state index contributed by atoms with van der Waals surface area (Å²) in [5.74, 6) is 0.312. The van der Waals surface area contributed by atoms with E-state index in [1.807, 2.05) is 54.6 Å². The number of benzene rings is 2. The topological polar surface area (TPSA) is 73.0 Å². The summed E-state index contributed by atoms with van der Waals surface area (Å²) in [4.78, 5) is 17.1. The Morgan fingerprint density at radius 2 is 1.83 bits per heavy atom. The molecule has 0 saturated heterocycles. The van der Waals surface area contributed by atoms with Gasteiger partial charge in [0, 0.05) is 18.2 Å². The van der Waals surface area contributed by atoms with Crippen LogP contribution >= 0.6 is 11.6 Å². The number of anilines is 1. The standard InChI is InChI=1S/C22H19ClN4O2/c1-14-20(21(23)27(26-14)12-16-6-4-3-5-7-16)22(28)25-18-10-8-17(9-11-18)19-13-29-15(2)24-19/h3-11,13H,12H2,1-2H3,(H,25,28). The van der Waals surface area contributed by atoms with Gasteiger partial charge in [-0.3, -0.25) is 4.79 Å². The van der Waals surface area contributed by atoms with Gasteiger partial charge in [0.15, 0.2) is 5.89 Å². The van der Waals surface area contributed by atoms with E-state index in [4.69, 9.17) is 16.0 Å². The molecule has 0 bridgehead atoms. The zero-order chi connectivity index (χ0) is 20.4. The molecule has 146 valence electrons. The average molecular weight is 407 g/mol. The fraction of sp³-hybridized carbons (Fsp3) is 0.136. The second kappa shape index (κ2) is 7.93. The number of carbonyl (C=O) groups is 1. The van der Waals surface area contributed by atoms with Crippen molar-refractivity contribution in [1.82, 2.24) is 14.8 Å². The van der Waals surface area contributed by atoms with Crippen LogP contribution in [0.5, 0.6) is 0 Å². The van der Waals surface area contributed by atoms with Crippen molar-refractivity contribution in [1.29, 1.82) is 0 Å². The van der Waals surface area contributed by atoms with Crippen LogP contribution in [0.3, 0.4) is 0 Å². The molecule has 2 heterocycles. The monoisotopic (exact) mass is 406 g/mol. The first kappa shape index (κ1) is 19.0. The highest BCUT2D eigenvalue weighted by Crippen LogP contribution is 2.24. The van der Waals surface area contributed by atoms with Crippen molar-refractivity contribution in [3.8, 4) is 11.3 Å². The summed E-state index contributed by atoms with van der Waals surface area (Å²) in [7, 11) is 0. The first-order chi connectivity index (χ1) is 14.0. The molecule has 0 aliphatic carbocycles. The zero-order valence-corrected chi connectivity index (χ0v) is 16.8. The molecule has 6 nitrogen and oxygen atoms in total. The highest BCUT2D eigenvalue weighted by Gasteiger charge is 2.20. The summed E-state index contributed by atoms with van der Waals surface area (Å²) in [5, 5.41) is 7.63. The number of nitrogens with one attached hydrogen (secondary N) is 1. The molecule has 0 fully saturated rings. The third kappa shape index (κ3) is 4.07. The molecule has 4 aromatic rings. The maximum Gasteiger partial charge on any atom is 0.260 e. The molecule has 4 rings (SSSR count). The van der Waals surface area contributed by atoms with E-state index in [1.54, 1.807) is 24.8 Å². The van der Waals surface area contributed by atoms with E-state index < -0.39 is 0 Å². The number of rotatable bonds is 5. The number of oxazole rings is 1. The van der Waals surface area contributed by atoms with Crippen LogP contribution in [-0.2, 0) is 6.54 Å². The second-order valence-corrected chi connectivity index (χ2v) is 7.04. The van der Waals surface area contributed by atoms with E-state index in [2.05, 4.69) is 15.4 Å². The maximum atomic E-state index is 12.8. The normalized spacial score (nSPS) is 10.9. The van der Waals surface area contributed by atoms with Gasteiger partial charge in [-0.1, -0.05) is 54.1 Å². The van der Waals surface area contributed by atoms with Gasteiger partial charge in [0.25, 0.3) is 5.91 Å². The molecule has 2 aromatic carbocycles. The van der Waals surface area contributed by atoms with Gasteiger partial charge < -0.3 is 9.73 Å². The summed E-state index contributed by atoms with van der Waals surface area (Å²) in [6.45, 7) is 4.07. The molecule has 0 aliphatic rings. The van der Waals surface area contributed by atoms with Gasteiger partial charge in [-0.2, -0.15) is 5.10 Å². The van der Waals surface area contributed by atoms with Gasteiger partial charge in [0.1, 0.15) is 17.1 Å². The zero-order valence-electron chi connectivity index (χ0n) is 16.0. The van der Waals surface area contributed by atoms with E-state index in [0.29, 0.717) is 34.5 Å². The van der Waals surface area contributed by atoms with E-state index in [1.165, 1.54) is 0 Å². The van der Waals surface area contributed by atoms with Crippen LogP contribution in [0.15, 0.2) is 65.3 Å². The minimum Gasteiger partial charge on any atom is -0.449 e. The van der Waals surface area contributed by atoms with Crippen LogP contribution in [0.2, 0.25) is 5.15 Å². The maximum absolute atomic E-state index is 12.8. The largest absolute Gasteiger partial charge is 0.449 e. The molecular formula is C22H19ClN4O2. The summed E-state index contributed by atoms with van der Waals surface area (Å²) < 4.78 is 6.87. The number of carbonyl (C=O) groups excluding carboxylic acids is 1. The number of halogens is 1. The molecule has 0 aliphatic heterocycles. The Hall–Kier alpha value is -3.38. The van der Waals surface area contributed by atoms with E-state index in [0.717, 1.165) is 16.8 Å². The highest BCUT2D eigenvalue weighted by molar-refractivity contribution is 6.33. The molecule has 1 amide bonds. The number of aryl methyl sites for hydroxylation is 2.